The van der Waals surface area contributed by atoms with Crippen molar-refractivity contribution >= 4 is 29.4 Å². The summed E-state index contributed by atoms with van der Waals surface area (Å²) in [6, 6.07) is 0. The van der Waals surface area contributed by atoms with Gasteiger partial charge in [0.25, 0.3) is 0 Å². The van der Waals surface area contributed by atoms with Crippen LogP contribution in [0, 0.1) is 0 Å². The van der Waals surface area contributed by atoms with Gasteiger partial charge in [0.1, 0.15) is 5.60 Å². The van der Waals surface area contributed by atoms with Crippen molar-refractivity contribution in [2.75, 3.05) is 5.75 Å². The molecule has 0 aromatic carbocycles. The van der Waals surface area contributed by atoms with Crippen LogP contribution in [0.4, 0.5) is 4.79 Å². The molecule has 1 amide bonds. The third-order valence-electron chi connectivity index (χ3n) is 1.51. The van der Waals surface area contributed by atoms with E-state index in [0.29, 0.717) is 12.4 Å². The zero-order chi connectivity index (χ0) is 12.9. The molecule has 0 aliphatic carbocycles. The maximum Gasteiger partial charge on any atom is 0.408 e. The van der Waals surface area contributed by atoms with Gasteiger partial charge >= 0.3 is 6.09 Å². The number of carbonyl (C=O) groups excluding carboxylic acids is 1. The highest BCUT2D eigenvalue weighted by Gasteiger charge is 2.16. The largest absolute Gasteiger partial charge is 0.444 e. The Bertz CT molecular complexity index is 374. The van der Waals surface area contributed by atoms with Crippen molar-refractivity contribution in [1.29, 1.82) is 0 Å². The highest BCUT2D eigenvalue weighted by Crippen LogP contribution is 2.19. The molecule has 0 saturated carbocycles. The number of alkyl carbamates (subject to hydrolysis) is 1. The van der Waals surface area contributed by atoms with Gasteiger partial charge in [0.15, 0.2) is 10.2 Å². The maximum atomic E-state index is 11.4. The van der Waals surface area contributed by atoms with Crippen LogP contribution in [0.5, 0.6) is 0 Å². The van der Waals surface area contributed by atoms with E-state index < -0.39 is 11.7 Å². The second-order valence-corrected chi connectivity index (χ2v) is 6.53. The van der Waals surface area contributed by atoms with Gasteiger partial charge in [-0.3, -0.25) is 0 Å². The Morgan fingerprint density at radius 3 is 2.82 bits per heavy atom. The first kappa shape index (κ1) is 14.2. The Kier molecular flexibility index (Phi) is 5.20. The van der Waals surface area contributed by atoms with Gasteiger partial charge in [-0.25, -0.2) is 9.78 Å². The lowest BCUT2D eigenvalue weighted by Gasteiger charge is -2.19. The van der Waals surface area contributed by atoms with Crippen LogP contribution >= 0.6 is 23.3 Å². The van der Waals surface area contributed by atoms with E-state index in [9.17, 15) is 4.79 Å². The van der Waals surface area contributed by atoms with E-state index in [1.54, 1.807) is 11.8 Å². The van der Waals surface area contributed by atoms with Gasteiger partial charge in [-0.15, -0.1) is 0 Å². The molecule has 1 heterocycles. The van der Waals surface area contributed by atoms with Crippen LogP contribution in [-0.4, -0.2) is 26.8 Å². The highest BCUT2D eigenvalue weighted by molar-refractivity contribution is 8.00. The van der Waals surface area contributed by atoms with E-state index >= 15 is 0 Å². The fourth-order valence-electron chi connectivity index (χ4n) is 0.957. The predicted molar refractivity (Wildman–Crippen MR) is 69.4 cm³/mol. The van der Waals surface area contributed by atoms with E-state index in [2.05, 4.69) is 21.6 Å². The quantitative estimate of drug-likeness (QED) is 0.856. The van der Waals surface area contributed by atoms with E-state index in [0.717, 1.165) is 10.1 Å². The van der Waals surface area contributed by atoms with Crippen molar-refractivity contribution in [2.45, 2.75) is 44.2 Å². The number of aromatic nitrogens is 2. The SMILES string of the molecule is CCSc1nc(CNC(=O)OC(C)(C)C)ns1. The number of thioether (sulfide) groups is 1. The second kappa shape index (κ2) is 6.20. The molecule has 0 bridgehead atoms. The second-order valence-electron chi connectivity index (χ2n) is 4.26. The van der Waals surface area contributed by atoms with Crippen LogP contribution in [0.25, 0.3) is 0 Å². The van der Waals surface area contributed by atoms with Crippen LogP contribution < -0.4 is 5.32 Å². The first-order chi connectivity index (χ1) is 7.90. The third-order valence-corrected chi connectivity index (χ3v) is 3.26. The van der Waals surface area contributed by atoms with E-state index in [1.807, 2.05) is 20.8 Å². The average molecular weight is 275 g/mol. The van der Waals surface area contributed by atoms with Crippen molar-refractivity contribution in [2.24, 2.45) is 0 Å². The summed E-state index contributed by atoms with van der Waals surface area (Å²) in [5, 5.41) is 2.62. The van der Waals surface area contributed by atoms with Gasteiger partial charge in [0.2, 0.25) is 0 Å². The van der Waals surface area contributed by atoms with Crippen molar-refractivity contribution in [3.63, 3.8) is 0 Å². The molecule has 1 rings (SSSR count). The zero-order valence-corrected chi connectivity index (χ0v) is 12.1. The van der Waals surface area contributed by atoms with Gasteiger partial charge in [0.05, 0.1) is 6.54 Å². The van der Waals surface area contributed by atoms with Gasteiger partial charge in [-0.05, 0) is 38.1 Å². The van der Waals surface area contributed by atoms with Crippen LogP contribution in [0.1, 0.15) is 33.5 Å². The molecule has 1 aromatic heterocycles. The lowest BCUT2D eigenvalue weighted by Crippen LogP contribution is -2.32. The standard InChI is InChI=1S/C10H17N3O2S2/c1-5-16-9-12-7(13-17-9)6-11-8(14)15-10(2,3)4/h5-6H2,1-4H3,(H,11,14). The highest BCUT2D eigenvalue weighted by atomic mass is 32.2. The van der Waals surface area contributed by atoms with Crippen molar-refractivity contribution < 1.29 is 9.53 Å². The molecule has 0 atom stereocenters. The number of hydrogen-bond acceptors (Lipinski definition) is 6. The van der Waals surface area contributed by atoms with Crippen molar-refractivity contribution in [1.82, 2.24) is 14.7 Å². The first-order valence-electron chi connectivity index (χ1n) is 5.33. The smallest absolute Gasteiger partial charge is 0.408 e. The molecular weight excluding hydrogens is 258 g/mol. The summed E-state index contributed by atoms with van der Waals surface area (Å²) >= 11 is 2.99. The fourth-order valence-corrected chi connectivity index (χ4v) is 2.49. The lowest BCUT2D eigenvalue weighted by molar-refractivity contribution is 0.0522. The average Bonchev–Trinajstić information content (AvgIpc) is 2.61. The fraction of sp³-hybridized carbons (Fsp3) is 0.700. The Hall–Kier alpha value is -0.820. The van der Waals surface area contributed by atoms with Gasteiger partial charge < -0.3 is 10.1 Å². The third kappa shape index (κ3) is 5.88. The number of carbonyl (C=O) groups is 1. The Morgan fingerprint density at radius 1 is 1.53 bits per heavy atom. The summed E-state index contributed by atoms with van der Waals surface area (Å²) in [7, 11) is 0. The van der Waals surface area contributed by atoms with E-state index in [4.69, 9.17) is 4.74 Å². The number of hydrogen-bond donors (Lipinski definition) is 1. The number of nitrogens with one attached hydrogen (secondary N) is 1. The molecule has 7 heteroatoms. The number of rotatable bonds is 4. The van der Waals surface area contributed by atoms with Crippen LogP contribution in [0.3, 0.4) is 0 Å². The number of ether oxygens (including phenoxy) is 1. The first-order valence-corrected chi connectivity index (χ1v) is 7.09. The predicted octanol–water partition coefficient (Wildman–Crippen LogP) is 2.67. The summed E-state index contributed by atoms with van der Waals surface area (Å²) in [6.45, 7) is 7.83. The Balaban J connectivity index is 2.37. The zero-order valence-electron chi connectivity index (χ0n) is 10.4. The molecule has 0 aliphatic heterocycles. The minimum atomic E-state index is -0.483. The van der Waals surface area contributed by atoms with Crippen LogP contribution in [-0.2, 0) is 11.3 Å². The molecule has 0 fully saturated rings. The molecule has 0 spiro atoms. The van der Waals surface area contributed by atoms with Crippen molar-refractivity contribution in [3.05, 3.63) is 5.82 Å². The normalized spacial score (nSPS) is 11.3. The summed E-state index contributed by atoms with van der Waals surface area (Å²) < 4.78 is 10.2. The van der Waals surface area contributed by atoms with Crippen LogP contribution in [0.15, 0.2) is 4.34 Å². The van der Waals surface area contributed by atoms with Gasteiger partial charge in [-0.2, -0.15) is 4.37 Å². The summed E-state index contributed by atoms with van der Waals surface area (Å²) in [4.78, 5) is 15.6. The molecule has 5 nitrogen and oxygen atoms in total. The molecule has 0 saturated heterocycles. The summed E-state index contributed by atoms with van der Waals surface area (Å²) in [5.41, 5.74) is -0.483. The minimum Gasteiger partial charge on any atom is -0.444 e. The maximum absolute atomic E-state index is 11.4. The van der Waals surface area contributed by atoms with E-state index in [1.165, 1.54) is 11.5 Å². The Labute approximate surface area is 110 Å². The van der Waals surface area contributed by atoms with Gasteiger partial charge in [-0.1, -0.05) is 18.7 Å². The Morgan fingerprint density at radius 2 is 2.24 bits per heavy atom. The number of amides is 1. The van der Waals surface area contributed by atoms with E-state index in [-0.39, 0.29) is 0 Å². The van der Waals surface area contributed by atoms with Crippen molar-refractivity contribution in [3.8, 4) is 0 Å². The molecular formula is C10H17N3O2S2. The number of nitrogens with zero attached hydrogens (tertiary/aromatic N) is 2. The molecule has 96 valence electrons. The molecule has 17 heavy (non-hydrogen) atoms. The molecule has 0 unspecified atom stereocenters. The molecule has 1 aromatic rings. The summed E-state index contributed by atoms with van der Waals surface area (Å²) in [5.74, 6) is 1.59. The summed E-state index contributed by atoms with van der Waals surface area (Å²) in [6.07, 6.45) is -0.447. The minimum absolute atomic E-state index is 0.301. The lowest BCUT2D eigenvalue weighted by atomic mass is 10.2. The van der Waals surface area contributed by atoms with Gasteiger partial charge in [0, 0.05) is 0 Å². The molecule has 1 N–H and O–H groups in total. The monoisotopic (exact) mass is 275 g/mol. The topological polar surface area (TPSA) is 64.1 Å². The molecule has 0 radical (unpaired) electrons. The van der Waals surface area contributed by atoms with Crippen LogP contribution in [0.2, 0.25) is 0 Å². The molecule has 0 aliphatic rings.